The van der Waals surface area contributed by atoms with Gasteiger partial charge in [0.15, 0.2) is 5.69 Å². The summed E-state index contributed by atoms with van der Waals surface area (Å²) in [7, 11) is 8.18. The van der Waals surface area contributed by atoms with Crippen LogP contribution in [-0.4, -0.2) is 77.8 Å². The van der Waals surface area contributed by atoms with Crippen molar-refractivity contribution in [2.75, 3.05) is 41.2 Å². The van der Waals surface area contributed by atoms with Gasteiger partial charge in [-0.15, -0.1) is 5.10 Å². The van der Waals surface area contributed by atoms with Crippen LogP contribution in [0.15, 0.2) is 21.9 Å². The molecule has 1 amide bonds. The second-order valence-electron chi connectivity index (χ2n) is 6.65. The molecular formula is C18H23N9O5. The highest BCUT2D eigenvalue weighted by Crippen LogP contribution is 2.32. The number of amides is 1. The maximum absolute atomic E-state index is 12.8. The van der Waals surface area contributed by atoms with Crippen molar-refractivity contribution in [3.8, 4) is 23.1 Å². The van der Waals surface area contributed by atoms with Crippen molar-refractivity contribution in [2.24, 2.45) is 5.10 Å². The summed E-state index contributed by atoms with van der Waals surface area (Å²) < 4.78 is 21.9. The van der Waals surface area contributed by atoms with Crippen LogP contribution in [0.25, 0.3) is 5.82 Å². The van der Waals surface area contributed by atoms with Gasteiger partial charge >= 0.3 is 0 Å². The summed E-state index contributed by atoms with van der Waals surface area (Å²) >= 11 is 0. The Kier molecular flexibility index (Phi) is 6.84. The van der Waals surface area contributed by atoms with Gasteiger partial charge in [0.25, 0.3) is 5.91 Å². The topological polar surface area (TPSA) is 168 Å². The molecule has 0 saturated heterocycles. The molecule has 3 aromatic rings. The Morgan fingerprint density at radius 1 is 1.22 bits per heavy atom. The van der Waals surface area contributed by atoms with E-state index in [-0.39, 0.29) is 17.3 Å². The Morgan fingerprint density at radius 3 is 2.44 bits per heavy atom. The number of nitrogens with two attached hydrogens (primary N) is 1. The molecule has 3 rings (SSSR count). The first kappa shape index (κ1) is 22.5. The van der Waals surface area contributed by atoms with E-state index in [1.54, 1.807) is 12.1 Å². The Bertz CT molecular complexity index is 1100. The summed E-state index contributed by atoms with van der Waals surface area (Å²) in [6.07, 6.45) is 1.39. The number of ether oxygens (including phenoxy) is 3. The normalized spacial score (nSPS) is 11.2. The molecule has 14 heteroatoms. The monoisotopic (exact) mass is 445 g/mol. The van der Waals surface area contributed by atoms with Crippen molar-refractivity contribution in [3.05, 3.63) is 29.1 Å². The van der Waals surface area contributed by atoms with Gasteiger partial charge in [-0.05, 0) is 24.4 Å². The van der Waals surface area contributed by atoms with Crippen molar-refractivity contribution in [2.45, 2.75) is 6.54 Å². The van der Waals surface area contributed by atoms with Crippen molar-refractivity contribution < 1.29 is 23.6 Å². The van der Waals surface area contributed by atoms with E-state index < -0.39 is 5.91 Å². The lowest BCUT2D eigenvalue weighted by Crippen LogP contribution is -2.23. The minimum absolute atomic E-state index is 0.0126. The highest BCUT2D eigenvalue weighted by Gasteiger charge is 2.24. The summed E-state index contributed by atoms with van der Waals surface area (Å²) in [6.45, 7) is 0.311. The molecule has 0 fully saturated rings. The molecule has 0 atom stereocenters. The Balaban J connectivity index is 1.88. The van der Waals surface area contributed by atoms with Gasteiger partial charge in [0.1, 0.15) is 17.2 Å². The number of hydrogen-bond acceptors (Lipinski definition) is 12. The Morgan fingerprint density at radius 2 is 1.91 bits per heavy atom. The number of benzene rings is 1. The van der Waals surface area contributed by atoms with Crippen LogP contribution < -0.4 is 25.4 Å². The van der Waals surface area contributed by atoms with Gasteiger partial charge in [-0.1, -0.05) is 5.21 Å². The number of nitrogens with zero attached hydrogens (tertiary/aromatic N) is 7. The third-order valence-electron chi connectivity index (χ3n) is 4.25. The first-order chi connectivity index (χ1) is 15.4. The lowest BCUT2D eigenvalue weighted by Gasteiger charge is -2.12. The Labute approximate surface area is 182 Å². The van der Waals surface area contributed by atoms with E-state index in [2.05, 4.69) is 35.8 Å². The highest BCUT2D eigenvalue weighted by molar-refractivity contribution is 5.95. The van der Waals surface area contributed by atoms with E-state index in [9.17, 15) is 4.79 Å². The molecule has 2 aromatic heterocycles. The smallest absolute Gasteiger partial charge is 0.293 e. The molecule has 0 bridgehead atoms. The molecule has 0 aliphatic heterocycles. The summed E-state index contributed by atoms with van der Waals surface area (Å²) in [5.74, 6) is 1.00. The van der Waals surface area contributed by atoms with Gasteiger partial charge in [0.2, 0.25) is 11.6 Å². The molecule has 1 aromatic carbocycles. The molecule has 0 aliphatic rings. The van der Waals surface area contributed by atoms with E-state index in [4.69, 9.17) is 19.9 Å². The molecule has 170 valence electrons. The fourth-order valence-corrected chi connectivity index (χ4v) is 2.80. The van der Waals surface area contributed by atoms with Gasteiger partial charge in [0.05, 0.1) is 38.8 Å². The highest BCUT2D eigenvalue weighted by atomic mass is 16.6. The van der Waals surface area contributed by atoms with Crippen LogP contribution in [-0.2, 0) is 6.54 Å². The average molecular weight is 445 g/mol. The van der Waals surface area contributed by atoms with Crippen molar-refractivity contribution in [1.29, 1.82) is 0 Å². The second kappa shape index (κ2) is 9.74. The number of rotatable bonds is 9. The predicted octanol–water partition coefficient (Wildman–Crippen LogP) is 0.0838. The van der Waals surface area contributed by atoms with Crippen molar-refractivity contribution in [1.82, 2.24) is 35.6 Å². The summed E-state index contributed by atoms with van der Waals surface area (Å²) in [6, 6.07) is 3.34. The zero-order valence-corrected chi connectivity index (χ0v) is 18.2. The summed E-state index contributed by atoms with van der Waals surface area (Å²) in [5.41, 5.74) is 9.14. The molecule has 14 nitrogen and oxygen atoms in total. The molecule has 2 heterocycles. The van der Waals surface area contributed by atoms with Crippen LogP contribution in [0.2, 0.25) is 0 Å². The van der Waals surface area contributed by atoms with E-state index in [1.807, 2.05) is 19.0 Å². The van der Waals surface area contributed by atoms with Crippen molar-refractivity contribution >= 4 is 17.9 Å². The second-order valence-corrected chi connectivity index (χ2v) is 6.65. The maximum Gasteiger partial charge on any atom is 0.293 e. The number of nitrogen functional groups attached to an aromatic ring is 1. The van der Waals surface area contributed by atoms with Crippen LogP contribution in [0, 0.1) is 0 Å². The third-order valence-corrected chi connectivity index (χ3v) is 4.25. The zero-order chi connectivity index (χ0) is 23.3. The molecule has 0 radical (unpaired) electrons. The predicted molar refractivity (Wildman–Crippen MR) is 112 cm³/mol. The van der Waals surface area contributed by atoms with E-state index in [1.165, 1.54) is 32.2 Å². The lowest BCUT2D eigenvalue weighted by molar-refractivity contribution is 0.0948. The van der Waals surface area contributed by atoms with Gasteiger partial charge in [-0.25, -0.2) is 10.1 Å². The standard InChI is InChI=1S/C18H23N9O5/c1-26(2)9-12-15(21-25-27(12)17-16(19)23-32-24-17)18(28)22-20-8-11-13(30-4)6-10(29-3)7-14(11)31-5/h6-8H,9H2,1-5H3,(H2,19,23)(H,22,28). The first-order valence-corrected chi connectivity index (χ1v) is 9.20. The molecule has 32 heavy (non-hydrogen) atoms. The SMILES string of the molecule is COc1cc(OC)c(C=NNC(=O)c2nnn(-c3nonc3N)c2CN(C)C)c(OC)c1. The number of carbonyl (C=O) groups is 1. The van der Waals surface area contributed by atoms with E-state index in [0.29, 0.717) is 35.1 Å². The van der Waals surface area contributed by atoms with Crippen LogP contribution in [0.4, 0.5) is 5.82 Å². The minimum Gasteiger partial charge on any atom is -0.496 e. The van der Waals surface area contributed by atoms with Crippen LogP contribution in [0.1, 0.15) is 21.7 Å². The van der Waals surface area contributed by atoms with Gasteiger partial charge in [0, 0.05) is 18.7 Å². The lowest BCUT2D eigenvalue weighted by atomic mass is 10.2. The summed E-state index contributed by atoms with van der Waals surface area (Å²) in [4.78, 5) is 14.6. The minimum atomic E-state index is -0.592. The number of hydrazone groups is 1. The molecular weight excluding hydrogens is 422 g/mol. The largest absolute Gasteiger partial charge is 0.496 e. The van der Waals surface area contributed by atoms with E-state index >= 15 is 0 Å². The maximum atomic E-state index is 12.8. The quantitative estimate of drug-likeness (QED) is 0.338. The number of carbonyl (C=O) groups excluding carboxylic acids is 1. The number of methoxy groups -OCH3 is 3. The van der Waals surface area contributed by atoms with Crippen LogP contribution >= 0.6 is 0 Å². The first-order valence-electron chi connectivity index (χ1n) is 9.20. The molecule has 0 spiro atoms. The van der Waals surface area contributed by atoms with Crippen LogP contribution in [0.5, 0.6) is 17.2 Å². The fourth-order valence-electron chi connectivity index (χ4n) is 2.80. The number of nitrogens with one attached hydrogen (secondary N) is 1. The fraction of sp³-hybridized carbons (Fsp3) is 0.333. The number of aromatic nitrogens is 5. The van der Waals surface area contributed by atoms with Gasteiger partial charge in [-0.2, -0.15) is 9.78 Å². The van der Waals surface area contributed by atoms with Gasteiger partial charge < -0.3 is 24.8 Å². The molecule has 3 N–H and O–H groups in total. The van der Waals surface area contributed by atoms with Gasteiger partial charge in [-0.3, -0.25) is 4.79 Å². The average Bonchev–Trinajstić information content (AvgIpc) is 3.38. The molecule has 0 saturated carbocycles. The molecule has 0 aliphatic carbocycles. The zero-order valence-electron chi connectivity index (χ0n) is 18.2. The van der Waals surface area contributed by atoms with Crippen LogP contribution in [0.3, 0.4) is 0 Å². The number of hydrogen-bond donors (Lipinski definition) is 2. The van der Waals surface area contributed by atoms with Crippen molar-refractivity contribution in [3.63, 3.8) is 0 Å². The Hall–Kier alpha value is -4.20. The molecule has 0 unspecified atom stereocenters. The number of anilines is 1. The summed E-state index contributed by atoms with van der Waals surface area (Å²) in [5, 5.41) is 19.2. The van der Waals surface area contributed by atoms with E-state index in [0.717, 1.165) is 0 Å². The third kappa shape index (κ3) is 4.59.